The van der Waals surface area contributed by atoms with Crippen molar-refractivity contribution in [1.29, 1.82) is 0 Å². The molecular weight excluding hydrogens is 254 g/mol. The largest absolute Gasteiger partial charge is 0.480 e. The Bertz CT molecular complexity index is 435. The van der Waals surface area contributed by atoms with Gasteiger partial charge in [0.05, 0.1) is 0 Å². The van der Waals surface area contributed by atoms with Gasteiger partial charge >= 0.3 is 22.4 Å². The van der Waals surface area contributed by atoms with Crippen LogP contribution in [-0.2, 0) is 24.0 Å². The Labute approximate surface area is 98.4 Å². The number of carbonyl (C=O) groups is 2. The van der Waals surface area contributed by atoms with Gasteiger partial charge in [0.25, 0.3) is 0 Å². The molecular formula is C8H13NO7S. The molecule has 0 aromatic rings. The van der Waals surface area contributed by atoms with Gasteiger partial charge < -0.3 is 9.84 Å². The molecule has 1 aliphatic heterocycles. The Morgan fingerprint density at radius 1 is 1.41 bits per heavy atom. The van der Waals surface area contributed by atoms with Crippen LogP contribution in [0.3, 0.4) is 0 Å². The van der Waals surface area contributed by atoms with Crippen LogP contribution >= 0.6 is 0 Å². The molecule has 0 aliphatic carbocycles. The minimum atomic E-state index is -4.37. The highest BCUT2D eigenvalue weighted by Gasteiger charge is 2.48. The predicted molar refractivity (Wildman–Crippen MR) is 54.4 cm³/mol. The van der Waals surface area contributed by atoms with Crippen LogP contribution in [0.25, 0.3) is 0 Å². The summed E-state index contributed by atoms with van der Waals surface area (Å²) < 4.78 is 31.9. The molecule has 1 amide bonds. The third-order valence-electron chi connectivity index (χ3n) is 1.76. The third-order valence-corrected chi connectivity index (χ3v) is 3.08. The SMILES string of the molecule is CC(C)(C)OC(=O)N1C(C(=O)O)COS1(=O)=O. The fourth-order valence-corrected chi connectivity index (χ4v) is 2.22. The fraction of sp³-hybridized carbons (Fsp3) is 0.750. The van der Waals surface area contributed by atoms with E-state index in [2.05, 4.69) is 4.18 Å². The number of aliphatic carboxylic acids is 1. The molecule has 1 fully saturated rings. The predicted octanol–water partition coefficient (Wildman–Crippen LogP) is -0.0483. The second kappa shape index (κ2) is 4.15. The van der Waals surface area contributed by atoms with Crippen molar-refractivity contribution >= 4 is 22.4 Å². The average molecular weight is 267 g/mol. The van der Waals surface area contributed by atoms with Gasteiger partial charge in [-0.3, -0.25) is 4.18 Å². The maximum absolute atomic E-state index is 11.6. The van der Waals surface area contributed by atoms with Gasteiger partial charge in [0, 0.05) is 0 Å². The van der Waals surface area contributed by atoms with Crippen molar-refractivity contribution in [3.8, 4) is 0 Å². The number of ether oxygens (including phenoxy) is 1. The topological polar surface area (TPSA) is 110 Å². The van der Waals surface area contributed by atoms with Crippen molar-refractivity contribution in [3.63, 3.8) is 0 Å². The second-order valence-electron chi connectivity index (χ2n) is 4.37. The molecule has 1 unspecified atom stereocenters. The van der Waals surface area contributed by atoms with E-state index in [0.717, 1.165) is 0 Å². The van der Waals surface area contributed by atoms with Crippen molar-refractivity contribution in [2.75, 3.05) is 6.61 Å². The first-order valence-electron chi connectivity index (χ1n) is 4.69. The van der Waals surface area contributed by atoms with Gasteiger partial charge in [-0.15, -0.1) is 0 Å². The molecule has 98 valence electrons. The summed E-state index contributed by atoms with van der Waals surface area (Å²) in [5.74, 6) is -1.48. The van der Waals surface area contributed by atoms with E-state index in [0.29, 0.717) is 0 Å². The van der Waals surface area contributed by atoms with Crippen molar-refractivity contribution in [3.05, 3.63) is 0 Å². The van der Waals surface area contributed by atoms with Crippen molar-refractivity contribution < 1.29 is 32.0 Å². The summed E-state index contributed by atoms with van der Waals surface area (Å²) in [6.45, 7) is 3.98. The first-order chi connectivity index (χ1) is 7.54. The van der Waals surface area contributed by atoms with E-state index in [1.165, 1.54) is 20.8 Å². The molecule has 0 saturated carbocycles. The number of carboxylic acids is 1. The molecule has 0 aromatic carbocycles. The summed E-state index contributed by atoms with van der Waals surface area (Å²) in [4.78, 5) is 22.3. The smallest absolute Gasteiger partial charge is 0.426 e. The lowest BCUT2D eigenvalue weighted by atomic mass is 10.2. The molecule has 0 spiro atoms. The van der Waals surface area contributed by atoms with E-state index < -0.39 is 40.6 Å². The zero-order chi connectivity index (χ0) is 13.4. The van der Waals surface area contributed by atoms with Crippen LogP contribution in [0.1, 0.15) is 20.8 Å². The Morgan fingerprint density at radius 2 is 1.94 bits per heavy atom. The summed E-state index contributed by atoms with van der Waals surface area (Å²) in [5, 5.41) is 8.77. The van der Waals surface area contributed by atoms with E-state index in [1.54, 1.807) is 0 Å². The van der Waals surface area contributed by atoms with Gasteiger partial charge in [-0.05, 0) is 20.8 Å². The minimum absolute atomic E-state index is 0.0978. The number of carboxylic acid groups (broad SMARTS) is 1. The minimum Gasteiger partial charge on any atom is -0.480 e. The third kappa shape index (κ3) is 3.07. The lowest BCUT2D eigenvalue weighted by molar-refractivity contribution is -0.141. The Morgan fingerprint density at radius 3 is 2.35 bits per heavy atom. The highest BCUT2D eigenvalue weighted by Crippen LogP contribution is 2.22. The maximum Gasteiger partial charge on any atom is 0.426 e. The lowest BCUT2D eigenvalue weighted by Gasteiger charge is -2.24. The molecule has 1 atom stereocenters. The highest BCUT2D eigenvalue weighted by atomic mass is 32.2. The van der Waals surface area contributed by atoms with Gasteiger partial charge in [0.15, 0.2) is 6.04 Å². The zero-order valence-electron chi connectivity index (χ0n) is 9.54. The van der Waals surface area contributed by atoms with Gasteiger partial charge in [-0.2, -0.15) is 12.7 Å². The van der Waals surface area contributed by atoms with Crippen LogP contribution in [-0.4, -0.2) is 48.1 Å². The van der Waals surface area contributed by atoms with Gasteiger partial charge in [-0.25, -0.2) is 9.59 Å². The summed E-state index contributed by atoms with van der Waals surface area (Å²) in [5.41, 5.74) is -0.932. The van der Waals surface area contributed by atoms with Gasteiger partial charge in [0.2, 0.25) is 0 Å². The summed E-state index contributed by atoms with van der Waals surface area (Å²) in [7, 11) is -4.37. The molecule has 1 aliphatic rings. The number of hydrogen-bond donors (Lipinski definition) is 1. The summed E-state index contributed by atoms with van der Waals surface area (Å²) >= 11 is 0. The van der Waals surface area contributed by atoms with Crippen LogP contribution in [0, 0.1) is 0 Å². The fourth-order valence-electron chi connectivity index (χ4n) is 1.13. The second-order valence-corrected chi connectivity index (χ2v) is 5.86. The molecule has 1 N–H and O–H groups in total. The summed E-state index contributed by atoms with van der Waals surface area (Å²) in [6, 6.07) is -1.59. The van der Waals surface area contributed by atoms with Crippen molar-refractivity contribution in [2.24, 2.45) is 0 Å². The van der Waals surface area contributed by atoms with Crippen LogP contribution in [0.2, 0.25) is 0 Å². The normalized spacial score (nSPS) is 23.5. The molecule has 17 heavy (non-hydrogen) atoms. The van der Waals surface area contributed by atoms with E-state index >= 15 is 0 Å². The first kappa shape index (κ1) is 13.7. The molecule has 1 saturated heterocycles. The van der Waals surface area contributed by atoms with E-state index in [9.17, 15) is 18.0 Å². The lowest BCUT2D eigenvalue weighted by Crippen LogP contribution is -2.46. The van der Waals surface area contributed by atoms with Crippen LogP contribution in [0.15, 0.2) is 0 Å². The number of carbonyl (C=O) groups excluding carboxylic acids is 1. The molecule has 1 heterocycles. The first-order valence-corrected chi connectivity index (χ1v) is 6.06. The molecule has 1 rings (SSSR count). The van der Waals surface area contributed by atoms with Gasteiger partial charge in [0.1, 0.15) is 12.2 Å². The highest BCUT2D eigenvalue weighted by molar-refractivity contribution is 7.85. The van der Waals surface area contributed by atoms with Crippen molar-refractivity contribution in [2.45, 2.75) is 32.4 Å². The number of rotatable bonds is 1. The van der Waals surface area contributed by atoms with Crippen molar-refractivity contribution in [1.82, 2.24) is 4.31 Å². The van der Waals surface area contributed by atoms with Crippen LogP contribution < -0.4 is 0 Å². The zero-order valence-corrected chi connectivity index (χ0v) is 10.4. The standard InChI is InChI=1S/C8H13NO7S/c1-8(2,3)16-7(12)9-5(6(10)11)4-15-17(9,13)14/h5H,4H2,1-3H3,(H,10,11). The molecule has 0 aromatic heterocycles. The Kier molecular flexibility index (Phi) is 3.35. The number of hydrogen-bond acceptors (Lipinski definition) is 6. The molecule has 9 heteroatoms. The number of amides is 1. The maximum atomic E-state index is 11.6. The Balaban J connectivity index is 2.99. The average Bonchev–Trinajstić information content (AvgIpc) is 2.37. The summed E-state index contributed by atoms with van der Waals surface area (Å²) in [6.07, 6.45) is -1.26. The van der Waals surface area contributed by atoms with Crippen LogP contribution in [0.5, 0.6) is 0 Å². The monoisotopic (exact) mass is 267 g/mol. The van der Waals surface area contributed by atoms with E-state index in [4.69, 9.17) is 9.84 Å². The van der Waals surface area contributed by atoms with Crippen LogP contribution in [0.4, 0.5) is 4.79 Å². The molecule has 0 bridgehead atoms. The Hall–Kier alpha value is -1.35. The molecule has 0 radical (unpaired) electrons. The quantitative estimate of drug-likeness (QED) is 0.709. The van der Waals surface area contributed by atoms with Gasteiger partial charge in [-0.1, -0.05) is 0 Å². The van der Waals surface area contributed by atoms with E-state index in [1.807, 2.05) is 0 Å². The number of nitrogens with zero attached hydrogens (tertiary/aromatic N) is 1. The molecule has 8 nitrogen and oxygen atoms in total. The van der Waals surface area contributed by atoms with E-state index in [-0.39, 0.29) is 4.31 Å².